The first kappa shape index (κ1) is 12.1. The summed E-state index contributed by atoms with van der Waals surface area (Å²) in [6.07, 6.45) is 2.70. The molecule has 0 amide bonds. The van der Waals surface area contributed by atoms with Gasteiger partial charge in [-0.15, -0.1) is 11.3 Å². The highest BCUT2D eigenvalue weighted by Crippen LogP contribution is 2.38. The maximum atomic E-state index is 5.78. The molecule has 1 aliphatic rings. The largest absolute Gasteiger partial charge is 0.378 e. The van der Waals surface area contributed by atoms with E-state index in [9.17, 15) is 0 Å². The Bertz CT molecular complexity index is 312. The van der Waals surface area contributed by atoms with Crippen LogP contribution in [0.25, 0.3) is 0 Å². The molecular weight excluding hydrogens is 218 g/mol. The molecule has 3 heteroatoms. The van der Waals surface area contributed by atoms with E-state index < -0.39 is 0 Å². The molecule has 1 aliphatic heterocycles. The molecule has 1 N–H and O–H groups in total. The van der Waals surface area contributed by atoms with E-state index in [1.165, 1.54) is 11.3 Å². The lowest BCUT2D eigenvalue weighted by Gasteiger charge is -2.32. The van der Waals surface area contributed by atoms with Gasteiger partial charge in [-0.05, 0) is 37.8 Å². The summed E-state index contributed by atoms with van der Waals surface area (Å²) in [5.74, 6) is 0. The third-order valence-corrected chi connectivity index (χ3v) is 4.54. The van der Waals surface area contributed by atoms with E-state index in [4.69, 9.17) is 4.74 Å². The number of ether oxygens (including phenoxy) is 1. The molecule has 16 heavy (non-hydrogen) atoms. The highest BCUT2D eigenvalue weighted by Gasteiger charge is 2.41. The lowest BCUT2D eigenvalue weighted by atomic mass is 9.78. The van der Waals surface area contributed by atoms with E-state index in [0.717, 1.165) is 26.1 Å². The van der Waals surface area contributed by atoms with Gasteiger partial charge in [0.05, 0.1) is 6.10 Å². The second-order valence-electron chi connectivity index (χ2n) is 4.66. The van der Waals surface area contributed by atoms with Crippen molar-refractivity contribution < 1.29 is 4.74 Å². The third-order valence-electron chi connectivity index (χ3n) is 3.66. The summed E-state index contributed by atoms with van der Waals surface area (Å²) < 4.78 is 5.78. The number of thiophene rings is 1. The monoisotopic (exact) mass is 239 g/mol. The standard InChI is InChI=1S/C13H21NOS/c1-3-14-10-13(6-7-15-11(13)2)9-12-5-4-8-16-12/h4-5,8,11,14H,3,6-7,9-10H2,1-2H3. The predicted octanol–water partition coefficient (Wildman–Crippen LogP) is 2.70. The molecule has 1 aromatic rings. The molecule has 0 saturated carbocycles. The van der Waals surface area contributed by atoms with Crippen molar-refractivity contribution in [3.05, 3.63) is 22.4 Å². The predicted molar refractivity (Wildman–Crippen MR) is 69.0 cm³/mol. The molecule has 2 heterocycles. The first-order valence-electron chi connectivity index (χ1n) is 6.11. The smallest absolute Gasteiger partial charge is 0.0619 e. The fourth-order valence-corrected chi connectivity index (χ4v) is 3.34. The van der Waals surface area contributed by atoms with Crippen LogP contribution in [0.4, 0.5) is 0 Å². The van der Waals surface area contributed by atoms with Crippen molar-refractivity contribution in [3.8, 4) is 0 Å². The number of nitrogens with one attached hydrogen (secondary N) is 1. The van der Waals surface area contributed by atoms with Crippen LogP contribution in [0, 0.1) is 5.41 Å². The van der Waals surface area contributed by atoms with E-state index in [1.807, 2.05) is 11.3 Å². The topological polar surface area (TPSA) is 21.3 Å². The van der Waals surface area contributed by atoms with Crippen LogP contribution >= 0.6 is 11.3 Å². The molecule has 2 atom stereocenters. The zero-order valence-electron chi connectivity index (χ0n) is 10.2. The lowest BCUT2D eigenvalue weighted by Crippen LogP contribution is -2.41. The first-order chi connectivity index (χ1) is 7.77. The van der Waals surface area contributed by atoms with Gasteiger partial charge in [-0.2, -0.15) is 0 Å². The van der Waals surface area contributed by atoms with Crippen molar-refractivity contribution in [2.45, 2.75) is 32.8 Å². The maximum Gasteiger partial charge on any atom is 0.0619 e. The zero-order valence-corrected chi connectivity index (χ0v) is 11.0. The van der Waals surface area contributed by atoms with Crippen molar-refractivity contribution >= 4 is 11.3 Å². The summed E-state index contributed by atoms with van der Waals surface area (Å²) >= 11 is 1.86. The summed E-state index contributed by atoms with van der Waals surface area (Å²) in [6, 6.07) is 4.38. The van der Waals surface area contributed by atoms with E-state index >= 15 is 0 Å². The Labute approximate surface area is 102 Å². The van der Waals surface area contributed by atoms with Crippen molar-refractivity contribution in [1.29, 1.82) is 0 Å². The molecule has 2 nitrogen and oxygen atoms in total. The minimum Gasteiger partial charge on any atom is -0.378 e. The summed E-state index contributed by atoms with van der Waals surface area (Å²) in [4.78, 5) is 1.48. The minimum atomic E-state index is 0.306. The van der Waals surface area contributed by atoms with Gasteiger partial charge in [-0.1, -0.05) is 13.0 Å². The van der Waals surface area contributed by atoms with Crippen LogP contribution in [-0.4, -0.2) is 25.8 Å². The first-order valence-corrected chi connectivity index (χ1v) is 6.99. The molecule has 2 unspecified atom stereocenters. The fourth-order valence-electron chi connectivity index (χ4n) is 2.48. The van der Waals surface area contributed by atoms with Gasteiger partial charge in [0.2, 0.25) is 0 Å². The van der Waals surface area contributed by atoms with Gasteiger partial charge in [0.25, 0.3) is 0 Å². The number of hydrogen-bond acceptors (Lipinski definition) is 3. The van der Waals surface area contributed by atoms with Gasteiger partial charge in [0.1, 0.15) is 0 Å². The normalized spacial score (nSPS) is 29.8. The summed E-state index contributed by atoms with van der Waals surface area (Å²) in [5, 5.41) is 5.66. The highest BCUT2D eigenvalue weighted by molar-refractivity contribution is 7.09. The Morgan fingerprint density at radius 3 is 3.06 bits per heavy atom. The second kappa shape index (κ2) is 5.30. The molecule has 0 bridgehead atoms. The average molecular weight is 239 g/mol. The molecule has 0 radical (unpaired) electrons. The third kappa shape index (κ3) is 2.47. The average Bonchev–Trinajstić information content (AvgIpc) is 2.88. The van der Waals surface area contributed by atoms with Gasteiger partial charge >= 0.3 is 0 Å². The van der Waals surface area contributed by atoms with Crippen LogP contribution in [0.1, 0.15) is 25.1 Å². The summed E-state index contributed by atoms with van der Waals surface area (Å²) in [7, 11) is 0. The molecule has 2 rings (SSSR count). The van der Waals surface area contributed by atoms with Crippen LogP contribution in [0.15, 0.2) is 17.5 Å². The summed E-state index contributed by atoms with van der Waals surface area (Å²) in [6.45, 7) is 7.41. The maximum absolute atomic E-state index is 5.78. The Balaban J connectivity index is 2.08. The van der Waals surface area contributed by atoms with Crippen molar-refractivity contribution in [3.63, 3.8) is 0 Å². The Kier molecular flexibility index (Phi) is 4.00. The Hall–Kier alpha value is -0.380. The molecular formula is C13H21NOS. The Morgan fingerprint density at radius 2 is 2.50 bits per heavy atom. The van der Waals surface area contributed by atoms with Crippen molar-refractivity contribution in [2.75, 3.05) is 19.7 Å². The molecule has 90 valence electrons. The highest BCUT2D eigenvalue weighted by atomic mass is 32.1. The van der Waals surface area contributed by atoms with Crippen LogP contribution in [0.5, 0.6) is 0 Å². The van der Waals surface area contributed by atoms with E-state index in [2.05, 4.69) is 36.7 Å². The van der Waals surface area contributed by atoms with Crippen LogP contribution in [0.3, 0.4) is 0 Å². The second-order valence-corrected chi connectivity index (χ2v) is 5.69. The fraction of sp³-hybridized carbons (Fsp3) is 0.692. The van der Waals surface area contributed by atoms with Gasteiger partial charge in [0.15, 0.2) is 0 Å². The van der Waals surface area contributed by atoms with Gasteiger partial charge in [0, 0.05) is 23.4 Å². The SMILES string of the molecule is CCNCC1(Cc2cccs2)CCOC1C. The lowest BCUT2D eigenvalue weighted by molar-refractivity contribution is 0.0637. The quantitative estimate of drug-likeness (QED) is 0.853. The summed E-state index contributed by atoms with van der Waals surface area (Å²) in [5.41, 5.74) is 0.306. The Morgan fingerprint density at radius 1 is 1.62 bits per heavy atom. The molecule has 1 fully saturated rings. The van der Waals surface area contributed by atoms with Gasteiger partial charge in [-0.3, -0.25) is 0 Å². The zero-order chi connectivity index (χ0) is 11.4. The van der Waals surface area contributed by atoms with Crippen LogP contribution < -0.4 is 5.32 Å². The van der Waals surface area contributed by atoms with Gasteiger partial charge < -0.3 is 10.1 Å². The molecule has 1 saturated heterocycles. The molecule has 0 aliphatic carbocycles. The number of rotatable bonds is 5. The van der Waals surface area contributed by atoms with Crippen LogP contribution in [0.2, 0.25) is 0 Å². The molecule has 1 aromatic heterocycles. The minimum absolute atomic E-state index is 0.306. The van der Waals surface area contributed by atoms with E-state index in [0.29, 0.717) is 11.5 Å². The van der Waals surface area contributed by atoms with E-state index in [-0.39, 0.29) is 0 Å². The van der Waals surface area contributed by atoms with Gasteiger partial charge in [-0.25, -0.2) is 0 Å². The molecule has 0 spiro atoms. The molecule has 0 aromatic carbocycles. The van der Waals surface area contributed by atoms with Crippen LogP contribution in [-0.2, 0) is 11.2 Å². The van der Waals surface area contributed by atoms with Crippen molar-refractivity contribution in [2.24, 2.45) is 5.41 Å². The van der Waals surface area contributed by atoms with E-state index in [1.54, 1.807) is 0 Å². The number of hydrogen-bond donors (Lipinski definition) is 1. The van der Waals surface area contributed by atoms with Crippen molar-refractivity contribution in [1.82, 2.24) is 5.32 Å².